The van der Waals surface area contributed by atoms with Crippen LogP contribution in [0.15, 0.2) is 376 Å². The lowest BCUT2D eigenvalue weighted by Gasteiger charge is -2.35. The fourth-order valence-electron chi connectivity index (χ4n) is 12.5. The summed E-state index contributed by atoms with van der Waals surface area (Å²) in [6.45, 7) is 0. The van der Waals surface area contributed by atoms with E-state index in [-0.39, 0.29) is 0 Å². The Kier molecular flexibility index (Phi) is 15.9. The molecule has 0 saturated carbocycles. The molecular weight excluding hydrogens is 1040 g/mol. The van der Waals surface area contributed by atoms with Gasteiger partial charge in [-0.15, -0.1) is 0 Å². The predicted molar refractivity (Wildman–Crippen MR) is 363 cm³/mol. The Morgan fingerprint density at radius 3 is 0.388 bits per heavy atom. The number of hydrogen-bond donors (Lipinski definition) is 0. The van der Waals surface area contributed by atoms with Gasteiger partial charge in [-0.2, -0.15) is 0 Å². The van der Waals surface area contributed by atoms with Crippen LogP contribution in [-0.2, 0) is 0 Å². The summed E-state index contributed by atoms with van der Waals surface area (Å²) in [5, 5.41) is 5.17. The number of rotatable bonds is 16. The van der Waals surface area contributed by atoms with Gasteiger partial charge in [0.1, 0.15) is 0 Å². The van der Waals surface area contributed by atoms with Gasteiger partial charge in [0.2, 0.25) is 0 Å². The van der Waals surface area contributed by atoms with Crippen LogP contribution in [0.1, 0.15) is 66.8 Å². The van der Waals surface area contributed by atoms with Gasteiger partial charge in [-0.1, -0.05) is 376 Å². The topological polar surface area (TPSA) is 0 Å². The van der Waals surface area contributed by atoms with Crippen molar-refractivity contribution in [2.45, 2.75) is 0 Å². The van der Waals surface area contributed by atoms with E-state index in [2.05, 4.69) is 376 Å². The minimum atomic E-state index is -3.22. The molecule has 0 radical (unpaired) electrons. The highest BCUT2D eigenvalue weighted by Gasteiger charge is 2.42. The first kappa shape index (κ1) is 53.6. The molecule has 1 heteroatoms. The smallest absolute Gasteiger partial charge is 0.0623 e. The average molecular weight is 1100 g/mol. The first-order valence-corrected chi connectivity index (χ1v) is 31.3. The minimum Gasteiger partial charge on any atom is -0.0623 e. The van der Waals surface area contributed by atoms with Crippen molar-refractivity contribution in [1.82, 2.24) is 0 Å². The molecule has 0 aromatic heterocycles. The maximum atomic E-state index is 2.45. The largest absolute Gasteiger partial charge is 0.179 e. The average Bonchev–Trinajstić information content (AvgIpc) is 2.03. The van der Waals surface area contributed by atoms with E-state index in [1.807, 2.05) is 0 Å². The Morgan fingerprint density at radius 2 is 0.235 bits per heavy atom. The van der Waals surface area contributed by atoms with E-state index in [9.17, 15) is 0 Å². The molecule has 13 aromatic rings. The summed E-state index contributed by atoms with van der Waals surface area (Å²) < 4.78 is 0. The van der Waals surface area contributed by atoms with Crippen LogP contribution in [0.4, 0.5) is 0 Å². The minimum absolute atomic E-state index is 1.15. The Labute approximate surface area is 502 Å². The molecule has 13 aromatic carbocycles. The zero-order valence-electron chi connectivity index (χ0n) is 47.3. The summed E-state index contributed by atoms with van der Waals surface area (Å²) in [6, 6.07) is 138. The Balaban J connectivity index is 1.07. The highest BCUT2D eigenvalue weighted by Crippen LogP contribution is 2.40. The van der Waals surface area contributed by atoms with Crippen molar-refractivity contribution < 1.29 is 0 Å². The van der Waals surface area contributed by atoms with Crippen molar-refractivity contribution in [3.8, 4) is 0 Å². The molecule has 13 rings (SSSR count). The van der Waals surface area contributed by atoms with Gasteiger partial charge in [-0.3, -0.25) is 0 Å². The van der Waals surface area contributed by atoms with Crippen LogP contribution in [0.25, 0.3) is 33.4 Å². The molecular formula is C84H62Si. The van der Waals surface area contributed by atoms with E-state index >= 15 is 0 Å². The van der Waals surface area contributed by atoms with Crippen molar-refractivity contribution in [3.05, 3.63) is 443 Å². The SMILES string of the molecule is c1ccc(C(=C(c2ccccc2)c2ccc([Si](c3ccccc3)(c3ccc(C(=C(c4ccccc4)c4ccccc4)c4ccccc4)cc3)c3ccc(C(=C(c4ccccc4)c4ccccc4)c4ccccc4)cc3)cc2)c2ccccc2)cc1. The van der Waals surface area contributed by atoms with Gasteiger partial charge in [0, 0.05) is 0 Å². The van der Waals surface area contributed by atoms with E-state index in [4.69, 9.17) is 0 Å². The second-order valence-corrected chi connectivity index (χ2v) is 25.2. The molecule has 402 valence electrons. The monoisotopic (exact) mass is 1100 g/mol. The lowest BCUT2D eigenvalue weighted by atomic mass is 9.86. The van der Waals surface area contributed by atoms with Crippen LogP contribution in [0.3, 0.4) is 0 Å². The maximum absolute atomic E-state index is 3.22. The lowest BCUT2D eigenvalue weighted by Crippen LogP contribution is -2.74. The van der Waals surface area contributed by atoms with Gasteiger partial charge in [0.25, 0.3) is 0 Å². The highest BCUT2D eigenvalue weighted by atomic mass is 28.3. The highest BCUT2D eigenvalue weighted by molar-refractivity contribution is 7.19. The fraction of sp³-hybridized carbons (Fsp3) is 0. The summed E-state index contributed by atoms with van der Waals surface area (Å²) in [5.41, 5.74) is 21.1. The Hall–Kier alpha value is -10.7. The van der Waals surface area contributed by atoms with E-state index in [1.165, 1.54) is 87.6 Å². The zero-order valence-corrected chi connectivity index (χ0v) is 48.3. The van der Waals surface area contributed by atoms with Crippen molar-refractivity contribution in [3.63, 3.8) is 0 Å². The molecule has 0 amide bonds. The molecule has 85 heavy (non-hydrogen) atoms. The maximum Gasteiger partial charge on any atom is 0.179 e. The number of hydrogen-bond acceptors (Lipinski definition) is 0. The van der Waals surface area contributed by atoms with Gasteiger partial charge < -0.3 is 0 Å². The van der Waals surface area contributed by atoms with Gasteiger partial charge in [0.05, 0.1) is 0 Å². The molecule has 0 aliphatic rings. The van der Waals surface area contributed by atoms with E-state index in [1.54, 1.807) is 0 Å². The second kappa shape index (κ2) is 25.2. The van der Waals surface area contributed by atoms with Crippen molar-refractivity contribution in [1.29, 1.82) is 0 Å². The van der Waals surface area contributed by atoms with Crippen LogP contribution in [-0.4, -0.2) is 8.07 Å². The molecule has 0 aliphatic heterocycles. The molecule has 0 aliphatic carbocycles. The van der Waals surface area contributed by atoms with Crippen LogP contribution in [0.5, 0.6) is 0 Å². The molecule has 0 fully saturated rings. The molecule has 0 heterocycles. The van der Waals surface area contributed by atoms with Crippen LogP contribution in [0, 0.1) is 0 Å². The Morgan fingerprint density at radius 1 is 0.118 bits per heavy atom. The van der Waals surface area contributed by atoms with Gasteiger partial charge in [-0.05, 0) is 121 Å². The van der Waals surface area contributed by atoms with Crippen molar-refractivity contribution in [2.75, 3.05) is 0 Å². The van der Waals surface area contributed by atoms with E-state index in [0.29, 0.717) is 0 Å². The predicted octanol–water partition coefficient (Wildman–Crippen LogP) is 18.1. The third-order valence-electron chi connectivity index (χ3n) is 16.3. The van der Waals surface area contributed by atoms with Crippen LogP contribution in [0.2, 0.25) is 0 Å². The molecule has 0 saturated heterocycles. The third kappa shape index (κ3) is 11.1. The normalized spacial score (nSPS) is 11.1. The summed E-state index contributed by atoms with van der Waals surface area (Å²) in [4.78, 5) is 0. The third-order valence-corrected chi connectivity index (χ3v) is 21.1. The van der Waals surface area contributed by atoms with Gasteiger partial charge in [0.15, 0.2) is 8.07 Å². The molecule has 0 bridgehead atoms. The molecule has 0 atom stereocenters. The first-order valence-electron chi connectivity index (χ1n) is 29.3. The first-order chi connectivity index (χ1) is 42.2. The summed E-state index contributed by atoms with van der Waals surface area (Å²) >= 11 is 0. The molecule has 0 nitrogen and oxygen atoms in total. The second-order valence-electron chi connectivity index (χ2n) is 21.4. The zero-order chi connectivity index (χ0) is 57.0. The van der Waals surface area contributed by atoms with E-state index in [0.717, 1.165) is 33.4 Å². The fourth-order valence-corrected chi connectivity index (χ4v) is 17.2. The molecule has 0 spiro atoms. The number of benzene rings is 13. The quantitative estimate of drug-likeness (QED) is 0.0514. The molecule has 0 unspecified atom stereocenters. The van der Waals surface area contributed by atoms with Gasteiger partial charge >= 0.3 is 0 Å². The molecule has 0 N–H and O–H groups in total. The summed E-state index contributed by atoms with van der Waals surface area (Å²) in [6.07, 6.45) is 0. The van der Waals surface area contributed by atoms with Crippen LogP contribution < -0.4 is 20.7 Å². The van der Waals surface area contributed by atoms with Crippen molar-refractivity contribution >= 4 is 62.3 Å². The van der Waals surface area contributed by atoms with Crippen molar-refractivity contribution in [2.24, 2.45) is 0 Å². The summed E-state index contributed by atoms with van der Waals surface area (Å²) in [7, 11) is -3.22. The van der Waals surface area contributed by atoms with E-state index < -0.39 is 8.07 Å². The standard InChI is InChI=1S/C84H62Si/c1-11-31-63(32-12-1)79(64-33-13-2-14-34-64)82(69-43-23-7-24-44-69)72-51-57-76(58-52-72)85(75-49-29-10-30-50-75,77-59-53-73(54-60-77)83(70-45-25-8-26-46-70)80(65-35-15-3-16-36-65)66-37-17-4-18-38-66)78-61-55-74(56-62-78)84(71-47-27-9-28-48-71)81(67-39-19-5-20-40-67)68-41-21-6-22-42-68/h1-62H. The Bertz CT molecular complexity index is 3820. The summed E-state index contributed by atoms with van der Waals surface area (Å²) in [5.74, 6) is 0. The van der Waals surface area contributed by atoms with Gasteiger partial charge in [-0.25, -0.2) is 0 Å². The lowest BCUT2D eigenvalue weighted by molar-refractivity contribution is 1.50. The van der Waals surface area contributed by atoms with Crippen LogP contribution >= 0.6 is 0 Å².